The number of benzene rings is 4. The summed E-state index contributed by atoms with van der Waals surface area (Å²) in [5.74, 6) is 0. The van der Waals surface area contributed by atoms with E-state index in [-0.39, 0.29) is 0 Å². The van der Waals surface area contributed by atoms with Crippen LogP contribution in [0.25, 0.3) is 34.4 Å². The minimum atomic E-state index is -3.85. The van der Waals surface area contributed by atoms with Gasteiger partial charge in [0.25, 0.3) is 0 Å². The Kier molecular flexibility index (Phi) is 9.05. The van der Waals surface area contributed by atoms with Gasteiger partial charge in [0.1, 0.15) is 0 Å². The van der Waals surface area contributed by atoms with E-state index in [1.165, 1.54) is 87.4 Å². The molecule has 45 heavy (non-hydrogen) atoms. The Bertz CT molecular complexity index is 1790. The van der Waals surface area contributed by atoms with Gasteiger partial charge in [-0.1, -0.05) is 0 Å². The average Bonchev–Trinajstić information content (AvgIpc) is 3.68. The first-order chi connectivity index (χ1) is 21.5. The first kappa shape index (κ1) is 32.4. The Morgan fingerprint density at radius 2 is 1.09 bits per heavy atom. The number of unbranched alkanes of at least 4 members (excludes halogenated alkanes) is 3. The fourth-order valence-electron chi connectivity index (χ4n) is 8.68. The summed E-state index contributed by atoms with van der Waals surface area (Å²) in [6.45, 7) is 14.1. The van der Waals surface area contributed by atoms with Gasteiger partial charge in [-0.15, -0.1) is 0 Å². The summed E-state index contributed by atoms with van der Waals surface area (Å²) < 4.78 is 6.93. The van der Waals surface area contributed by atoms with E-state index >= 15 is 0 Å². The van der Waals surface area contributed by atoms with Crippen molar-refractivity contribution in [3.8, 4) is 22.3 Å². The molecule has 0 nitrogen and oxygen atoms in total. The van der Waals surface area contributed by atoms with E-state index in [0.29, 0.717) is 7.35 Å². The predicted molar refractivity (Wildman–Crippen MR) is 199 cm³/mol. The molecule has 0 aliphatic heterocycles. The molecule has 6 rings (SSSR count). The Balaban J connectivity index is 1.54. The van der Waals surface area contributed by atoms with E-state index in [4.69, 9.17) is 0 Å². The SMILES string of the molecule is CCCCCC[Si](C)=[Hf]([CH3])([CH3])([CH]1C=Cc2c(-c3cc(C)ccc3C)cccc21)[CH]1C=Cc2c(-c3cc(C)ccc3C)cccc21. The third kappa shape index (κ3) is 5.59. The van der Waals surface area contributed by atoms with Crippen molar-refractivity contribution in [2.45, 2.75) is 89.6 Å². The van der Waals surface area contributed by atoms with Gasteiger partial charge in [-0.05, 0) is 0 Å². The van der Waals surface area contributed by atoms with E-state index < -0.39 is 22.6 Å². The third-order valence-electron chi connectivity index (χ3n) is 11.9. The molecular weight excluding hydrogens is 723 g/mol. The molecule has 0 fully saturated rings. The molecule has 0 amide bonds. The predicted octanol–water partition coefficient (Wildman–Crippen LogP) is 13.1. The van der Waals surface area contributed by atoms with Gasteiger partial charge in [-0.3, -0.25) is 0 Å². The van der Waals surface area contributed by atoms with Crippen molar-refractivity contribution in [3.63, 3.8) is 0 Å². The Labute approximate surface area is 274 Å². The summed E-state index contributed by atoms with van der Waals surface area (Å²) in [6, 6.07) is 29.8. The molecule has 2 atom stereocenters. The number of rotatable bonds is 9. The second kappa shape index (κ2) is 12.6. The van der Waals surface area contributed by atoms with Crippen LogP contribution in [0.15, 0.2) is 84.9 Å². The molecule has 0 bridgehead atoms. The molecule has 0 saturated carbocycles. The van der Waals surface area contributed by atoms with Crippen LogP contribution in [0.3, 0.4) is 0 Å². The summed E-state index contributed by atoms with van der Waals surface area (Å²) >= 11 is -3.85. The molecule has 0 N–H and O–H groups in total. The maximum atomic E-state index is 2.90. The third-order valence-corrected chi connectivity index (χ3v) is 69.9. The summed E-state index contributed by atoms with van der Waals surface area (Å²) in [5, 5.41) is 0. The molecule has 2 unspecified atom stereocenters. The Hall–Kier alpha value is -2.55. The van der Waals surface area contributed by atoms with Crippen molar-refractivity contribution in [3.05, 3.63) is 129 Å². The van der Waals surface area contributed by atoms with Gasteiger partial charge in [-0.2, -0.15) is 0 Å². The van der Waals surface area contributed by atoms with Gasteiger partial charge in [0, 0.05) is 0 Å². The van der Waals surface area contributed by atoms with Crippen LogP contribution in [0.5, 0.6) is 0 Å². The standard InChI is InChI=1S/2C17H15.C7H16Si.2CH3.Hf/c2*1-12-9-10-13(2)17(11-12)16-8-4-6-14-5-3-7-15(14)16;1-3-4-5-6-7-8-2;;;/h2*3-11H,1-2H3;3-7H2,1-2H3;2*1H3;. The second-order valence-electron chi connectivity index (χ2n) is 15.1. The van der Waals surface area contributed by atoms with Crippen LogP contribution in [-0.2, 0) is 17.1 Å². The summed E-state index contributed by atoms with van der Waals surface area (Å²) in [6.07, 6.45) is 15.9. The molecule has 2 aliphatic carbocycles. The zero-order valence-electron chi connectivity index (χ0n) is 28.9. The zero-order chi connectivity index (χ0) is 32.0. The van der Waals surface area contributed by atoms with Crippen molar-refractivity contribution < 1.29 is 17.1 Å². The molecule has 0 heterocycles. The Morgan fingerprint density at radius 1 is 0.600 bits per heavy atom. The molecule has 232 valence electrons. The fraction of sp³-hybridized carbons (Fsp3) is 0.349. The normalized spacial score (nSPS) is 17.1. The monoisotopic (exact) mass is 776 g/mol. The van der Waals surface area contributed by atoms with Crippen molar-refractivity contribution in [1.82, 2.24) is 0 Å². The summed E-state index contributed by atoms with van der Waals surface area (Å²) in [4.78, 5) is 0. The molecule has 0 spiro atoms. The van der Waals surface area contributed by atoms with Gasteiger partial charge in [-0.25, -0.2) is 0 Å². The van der Waals surface area contributed by atoms with Gasteiger partial charge in [0.15, 0.2) is 0 Å². The van der Waals surface area contributed by atoms with Crippen LogP contribution in [0.4, 0.5) is 0 Å². The summed E-state index contributed by atoms with van der Waals surface area (Å²) in [7, 11) is 0. The molecule has 2 heteroatoms. The number of fused-ring (bicyclic) bond motifs is 2. The van der Waals surface area contributed by atoms with E-state index in [1.807, 2.05) is 0 Å². The van der Waals surface area contributed by atoms with Crippen LogP contribution in [0.2, 0.25) is 22.0 Å². The number of allylic oxidation sites excluding steroid dienone is 2. The number of hydrogen-bond acceptors (Lipinski definition) is 0. The first-order valence-electron chi connectivity index (χ1n) is 17.3. The molecule has 0 aromatic heterocycles. The van der Waals surface area contributed by atoms with Crippen LogP contribution in [-0.4, -0.2) is 5.49 Å². The quantitative estimate of drug-likeness (QED) is 0.117. The second-order valence-corrected chi connectivity index (χ2v) is 62.5. The van der Waals surface area contributed by atoms with Gasteiger partial charge in [0.05, 0.1) is 0 Å². The molecule has 0 saturated heterocycles. The van der Waals surface area contributed by atoms with Crippen molar-refractivity contribution in [1.29, 1.82) is 0 Å². The average molecular weight is 775 g/mol. The van der Waals surface area contributed by atoms with Gasteiger partial charge in [0.2, 0.25) is 0 Å². The molecule has 2 aliphatic rings. The minimum absolute atomic E-state index is 0.567. The number of aryl methyl sites for hydroxylation is 4. The van der Waals surface area contributed by atoms with Crippen molar-refractivity contribution in [2.75, 3.05) is 0 Å². The van der Waals surface area contributed by atoms with Crippen LogP contribution < -0.4 is 0 Å². The maximum absolute atomic E-state index is 3.85. The van der Waals surface area contributed by atoms with Crippen LogP contribution >= 0.6 is 0 Å². The van der Waals surface area contributed by atoms with Gasteiger partial charge < -0.3 is 0 Å². The van der Waals surface area contributed by atoms with Crippen LogP contribution in [0, 0.1) is 27.7 Å². The zero-order valence-corrected chi connectivity index (χ0v) is 33.5. The topological polar surface area (TPSA) is 0 Å². The first-order valence-corrected chi connectivity index (χ1v) is 36.3. The van der Waals surface area contributed by atoms with E-state index in [2.05, 4.69) is 148 Å². The molecule has 4 aromatic carbocycles. The van der Waals surface area contributed by atoms with Crippen molar-refractivity contribution in [2.24, 2.45) is 0 Å². The van der Waals surface area contributed by atoms with Crippen LogP contribution in [0.1, 0.15) is 84.5 Å². The molecular formula is C43H52HfSi. The molecule has 4 aromatic rings. The van der Waals surface area contributed by atoms with E-state index in [9.17, 15) is 0 Å². The summed E-state index contributed by atoms with van der Waals surface area (Å²) in [5.41, 5.74) is 16.6. The van der Waals surface area contributed by atoms with Crippen molar-refractivity contribution >= 4 is 17.6 Å². The van der Waals surface area contributed by atoms with E-state index in [1.54, 1.807) is 11.1 Å². The van der Waals surface area contributed by atoms with E-state index in [0.717, 1.165) is 0 Å². The number of hydrogen-bond donors (Lipinski definition) is 0. The molecule has 0 radical (unpaired) electrons. The van der Waals surface area contributed by atoms with Gasteiger partial charge >= 0.3 is 276 Å². The Morgan fingerprint density at radius 3 is 1.56 bits per heavy atom. The fourth-order valence-corrected chi connectivity index (χ4v) is 52.3.